The molecule has 2 N–H and O–H groups in total. The molecule has 0 atom stereocenters. The van der Waals surface area contributed by atoms with Gasteiger partial charge in [0.2, 0.25) is 0 Å². The van der Waals surface area contributed by atoms with Gasteiger partial charge in [-0.3, -0.25) is 4.79 Å². The van der Waals surface area contributed by atoms with Crippen molar-refractivity contribution in [2.24, 2.45) is 0 Å². The van der Waals surface area contributed by atoms with Crippen LogP contribution in [-0.4, -0.2) is 24.4 Å². The number of hydrogen-bond acceptors (Lipinski definition) is 5. The first-order valence-electron chi connectivity index (χ1n) is 9.64. The van der Waals surface area contributed by atoms with Crippen molar-refractivity contribution in [1.29, 1.82) is 0 Å². The molecular weight excluding hydrogens is 367 g/mol. The standard InChI is InChI=1S/C18H36O5S.Na.H2O/c1-2-3-4-5-6-7-8-9-10-11-12-13-14-15-16-17-18(19)23-24(20,21)22;;/h2-17H2,1H3,(H,20,21,22);;1H2/q;+1;/p-1. The molecule has 0 fully saturated rings. The maximum atomic E-state index is 11.0. The van der Waals surface area contributed by atoms with Crippen LogP contribution >= 0.6 is 0 Å². The number of rotatable bonds is 17. The molecule has 0 unspecified atom stereocenters. The molecule has 0 heterocycles. The molecule has 0 aliphatic carbocycles. The zero-order valence-electron chi connectivity index (χ0n) is 16.8. The molecule has 152 valence electrons. The second-order valence-electron chi connectivity index (χ2n) is 6.56. The van der Waals surface area contributed by atoms with Gasteiger partial charge in [-0.1, -0.05) is 96.8 Å². The summed E-state index contributed by atoms with van der Waals surface area (Å²) < 4.78 is 34.3. The van der Waals surface area contributed by atoms with Crippen molar-refractivity contribution < 1.29 is 57.0 Å². The Morgan fingerprint density at radius 3 is 1.35 bits per heavy atom. The van der Waals surface area contributed by atoms with E-state index in [-0.39, 0.29) is 41.5 Å². The molecule has 8 heteroatoms. The zero-order chi connectivity index (χ0) is 18.1. The average molecular weight is 405 g/mol. The molecule has 0 radical (unpaired) electrons. The quantitative estimate of drug-likeness (QED) is 0.157. The topological polar surface area (TPSA) is 115 Å². The Balaban J connectivity index is -0.00000264. The predicted molar refractivity (Wildman–Crippen MR) is 98.9 cm³/mol. The summed E-state index contributed by atoms with van der Waals surface area (Å²) in [6.45, 7) is 2.25. The molecule has 0 bridgehead atoms. The summed E-state index contributed by atoms with van der Waals surface area (Å²) >= 11 is 0. The summed E-state index contributed by atoms with van der Waals surface area (Å²) in [5, 5.41) is 0. The van der Waals surface area contributed by atoms with E-state index in [2.05, 4.69) is 11.1 Å². The number of carbonyl (C=O) groups excluding carboxylic acids is 1. The third-order valence-electron chi connectivity index (χ3n) is 4.18. The van der Waals surface area contributed by atoms with E-state index in [0.29, 0.717) is 6.42 Å². The molecule has 0 aromatic heterocycles. The van der Waals surface area contributed by atoms with Gasteiger partial charge in [-0.25, -0.2) is 8.42 Å². The minimum atomic E-state index is -4.89. The molecule has 0 saturated carbocycles. The van der Waals surface area contributed by atoms with E-state index in [1.54, 1.807) is 0 Å². The molecular formula is C18H37NaO6S. The molecule has 0 aromatic rings. The second kappa shape index (κ2) is 21.6. The smallest absolute Gasteiger partial charge is 0.716 e. The van der Waals surface area contributed by atoms with Crippen molar-refractivity contribution in [2.45, 2.75) is 110 Å². The van der Waals surface area contributed by atoms with Gasteiger partial charge in [0.25, 0.3) is 10.4 Å². The van der Waals surface area contributed by atoms with E-state index in [9.17, 15) is 17.8 Å². The van der Waals surface area contributed by atoms with E-state index in [0.717, 1.165) is 19.3 Å². The van der Waals surface area contributed by atoms with Crippen LogP contribution in [0.4, 0.5) is 0 Å². The van der Waals surface area contributed by atoms with Crippen LogP contribution in [-0.2, 0) is 19.4 Å². The third-order valence-corrected chi connectivity index (χ3v) is 4.57. The van der Waals surface area contributed by atoms with E-state index >= 15 is 0 Å². The summed E-state index contributed by atoms with van der Waals surface area (Å²) in [6, 6.07) is 0. The second-order valence-corrected chi connectivity index (χ2v) is 7.55. The first-order valence-corrected chi connectivity index (χ1v) is 11.0. The fourth-order valence-electron chi connectivity index (χ4n) is 2.80. The molecule has 0 rings (SSSR count). The first-order chi connectivity index (χ1) is 11.5. The number of carbonyl (C=O) groups is 1. The van der Waals surface area contributed by atoms with E-state index in [4.69, 9.17) is 0 Å². The fourth-order valence-corrected chi connectivity index (χ4v) is 3.11. The number of unbranched alkanes of at least 4 members (excludes halogenated alkanes) is 14. The third kappa shape index (κ3) is 26.6. The van der Waals surface area contributed by atoms with Crippen LogP contribution in [0, 0.1) is 0 Å². The van der Waals surface area contributed by atoms with Crippen molar-refractivity contribution >= 4 is 16.4 Å². The first kappa shape index (κ1) is 31.0. The summed E-state index contributed by atoms with van der Waals surface area (Å²) in [7, 11) is -4.89. The molecule has 0 saturated heterocycles. The number of hydrogen-bond donors (Lipinski definition) is 0. The molecule has 26 heavy (non-hydrogen) atoms. The van der Waals surface area contributed by atoms with Crippen LogP contribution < -0.4 is 29.6 Å². The van der Waals surface area contributed by atoms with Gasteiger partial charge in [-0.2, -0.15) is 0 Å². The summed E-state index contributed by atoms with van der Waals surface area (Å²) in [5.74, 6) is -0.945. The molecule has 0 aromatic carbocycles. The van der Waals surface area contributed by atoms with Crippen LogP contribution in [0.25, 0.3) is 0 Å². The zero-order valence-corrected chi connectivity index (χ0v) is 19.6. The average Bonchev–Trinajstić information content (AvgIpc) is 2.49. The van der Waals surface area contributed by atoms with Gasteiger partial charge in [-0.05, 0) is 6.42 Å². The van der Waals surface area contributed by atoms with Gasteiger partial charge in [-0.15, -0.1) is 0 Å². The Hall–Kier alpha value is 0.340. The van der Waals surface area contributed by atoms with E-state index < -0.39 is 16.4 Å². The van der Waals surface area contributed by atoms with Gasteiger partial charge in [0.05, 0.1) is 0 Å². The Morgan fingerprint density at radius 1 is 0.731 bits per heavy atom. The Bertz CT molecular complexity index is 400. The van der Waals surface area contributed by atoms with Crippen molar-refractivity contribution in [3.05, 3.63) is 0 Å². The molecule has 0 aliphatic rings. The van der Waals surface area contributed by atoms with Crippen molar-refractivity contribution in [3.63, 3.8) is 0 Å². The summed E-state index contributed by atoms with van der Waals surface area (Å²) in [5.41, 5.74) is 0. The van der Waals surface area contributed by atoms with Crippen LogP contribution in [0.2, 0.25) is 0 Å². The maximum Gasteiger partial charge on any atom is 1.00 e. The Labute approximate surface area is 182 Å². The van der Waals surface area contributed by atoms with Gasteiger partial charge in [0.1, 0.15) is 0 Å². The fraction of sp³-hybridized carbons (Fsp3) is 0.944. The Morgan fingerprint density at radius 2 is 1.04 bits per heavy atom. The largest absolute Gasteiger partial charge is 1.00 e. The predicted octanol–water partition coefficient (Wildman–Crippen LogP) is 1.43. The van der Waals surface area contributed by atoms with Crippen LogP contribution in [0.15, 0.2) is 0 Å². The molecule has 0 aliphatic heterocycles. The SMILES string of the molecule is CCCCCCCCCCCCCCCCCC(=O)OS(=O)(=O)[O-].O.[Na+]. The molecule has 6 nitrogen and oxygen atoms in total. The summed E-state index contributed by atoms with van der Waals surface area (Å²) in [4.78, 5) is 11.0. The maximum absolute atomic E-state index is 11.0. The normalized spacial score (nSPS) is 10.7. The Kier molecular flexibility index (Phi) is 25.8. The van der Waals surface area contributed by atoms with Gasteiger partial charge in [0.15, 0.2) is 0 Å². The summed E-state index contributed by atoms with van der Waals surface area (Å²) in [6.07, 6.45) is 18.3. The van der Waals surface area contributed by atoms with E-state index in [1.807, 2.05) is 0 Å². The van der Waals surface area contributed by atoms with Crippen LogP contribution in [0.1, 0.15) is 110 Å². The molecule has 0 spiro atoms. The van der Waals surface area contributed by atoms with Crippen LogP contribution in [0.3, 0.4) is 0 Å². The monoisotopic (exact) mass is 404 g/mol. The van der Waals surface area contributed by atoms with Gasteiger partial charge in [0, 0.05) is 6.42 Å². The van der Waals surface area contributed by atoms with Crippen molar-refractivity contribution in [3.8, 4) is 0 Å². The van der Waals surface area contributed by atoms with Crippen molar-refractivity contribution in [2.75, 3.05) is 0 Å². The van der Waals surface area contributed by atoms with Gasteiger partial charge < -0.3 is 14.2 Å². The van der Waals surface area contributed by atoms with Crippen molar-refractivity contribution in [1.82, 2.24) is 0 Å². The molecule has 0 amide bonds. The van der Waals surface area contributed by atoms with Crippen LogP contribution in [0.5, 0.6) is 0 Å². The minimum Gasteiger partial charge on any atom is -0.716 e. The minimum absolute atomic E-state index is 0. The van der Waals surface area contributed by atoms with E-state index in [1.165, 1.54) is 70.6 Å². The van der Waals surface area contributed by atoms with Gasteiger partial charge >= 0.3 is 35.5 Å².